The molecule has 0 amide bonds. The van der Waals surface area contributed by atoms with E-state index in [-0.39, 0.29) is 12.4 Å². The molecule has 3 heterocycles. The molecule has 1 saturated heterocycles. The predicted octanol–water partition coefficient (Wildman–Crippen LogP) is 1.30. The first-order chi connectivity index (χ1) is 13.1. The van der Waals surface area contributed by atoms with Crippen LogP contribution in [0.2, 0.25) is 0 Å². The molecule has 0 radical (unpaired) electrons. The second kappa shape index (κ2) is 8.54. The number of para-hydroxylation sites is 1. The number of fused-ring (bicyclic) bond motifs is 1. The SMILES string of the molecule is CC(C)c1cccc(C(C)C)c1-[n+]1cc2cccc(N3CCOCC3)n2c1.[Cl-]. The molecule has 150 valence electrons. The monoisotopic (exact) mass is 399 g/mol. The summed E-state index contributed by atoms with van der Waals surface area (Å²) >= 11 is 0. The van der Waals surface area contributed by atoms with Crippen molar-refractivity contribution >= 4 is 11.3 Å². The van der Waals surface area contributed by atoms with Crippen LogP contribution in [0, 0.1) is 0 Å². The van der Waals surface area contributed by atoms with Gasteiger partial charge in [-0.25, -0.2) is 4.57 Å². The molecule has 0 N–H and O–H groups in total. The number of nitrogens with zero attached hydrogens (tertiary/aromatic N) is 3. The van der Waals surface area contributed by atoms with Crippen molar-refractivity contribution in [3.05, 3.63) is 60.0 Å². The van der Waals surface area contributed by atoms with Crippen LogP contribution in [0.4, 0.5) is 5.82 Å². The van der Waals surface area contributed by atoms with Gasteiger partial charge in [-0.2, -0.15) is 4.40 Å². The van der Waals surface area contributed by atoms with Crippen LogP contribution in [0.1, 0.15) is 50.7 Å². The first kappa shape index (κ1) is 20.7. The molecule has 0 saturated carbocycles. The molecule has 1 aliphatic heterocycles. The number of morpholine rings is 1. The number of rotatable bonds is 4. The molecule has 3 aromatic rings. The van der Waals surface area contributed by atoms with Crippen molar-refractivity contribution < 1.29 is 21.7 Å². The number of imidazole rings is 1. The number of aromatic nitrogens is 2. The fourth-order valence-electron chi connectivity index (χ4n) is 4.04. The van der Waals surface area contributed by atoms with Crippen LogP contribution in [0.5, 0.6) is 0 Å². The lowest BCUT2D eigenvalue weighted by atomic mass is 9.92. The molecular weight excluding hydrogens is 370 g/mol. The Morgan fingerprint density at radius 2 is 1.50 bits per heavy atom. The normalized spacial score (nSPS) is 14.7. The third-order valence-electron chi connectivity index (χ3n) is 5.48. The summed E-state index contributed by atoms with van der Waals surface area (Å²) in [4.78, 5) is 2.42. The summed E-state index contributed by atoms with van der Waals surface area (Å²) in [5.74, 6) is 2.20. The molecule has 28 heavy (non-hydrogen) atoms. The first-order valence-electron chi connectivity index (χ1n) is 10.0. The van der Waals surface area contributed by atoms with Crippen LogP contribution in [-0.4, -0.2) is 30.7 Å². The Bertz CT molecular complexity index is 916. The molecule has 1 fully saturated rings. The van der Waals surface area contributed by atoms with Crippen LogP contribution < -0.4 is 21.9 Å². The number of hydrogen-bond acceptors (Lipinski definition) is 2. The van der Waals surface area contributed by atoms with Crippen molar-refractivity contribution in [2.24, 2.45) is 0 Å². The summed E-state index contributed by atoms with van der Waals surface area (Å²) in [6.45, 7) is 12.6. The summed E-state index contributed by atoms with van der Waals surface area (Å²) in [6.07, 6.45) is 4.50. The van der Waals surface area contributed by atoms with Crippen LogP contribution in [-0.2, 0) is 4.74 Å². The highest BCUT2D eigenvalue weighted by molar-refractivity contribution is 5.55. The molecular formula is C23H30ClN3O. The number of benzene rings is 1. The van der Waals surface area contributed by atoms with Gasteiger partial charge < -0.3 is 22.0 Å². The highest BCUT2D eigenvalue weighted by Gasteiger charge is 2.23. The van der Waals surface area contributed by atoms with Gasteiger partial charge in [-0.1, -0.05) is 52.0 Å². The summed E-state index contributed by atoms with van der Waals surface area (Å²) in [5, 5.41) is 0. The maximum absolute atomic E-state index is 5.54. The number of ether oxygens (including phenoxy) is 1. The zero-order chi connectivity index (χ0) is 19.0. The van der Waals surface area contributed by atoms with Gasteiger partial charge in [0.05, 0.1) is 13.2 Å². The molecule has 0 aliphatic carbocycles. The molecule has 0 spiro atoms. The Labute approximate surface area is 174 Å². The van der Waals surface area contributed by atoms with E-state index in [0.717, 1.165) is 26.3 Å². The fourth-order valence-corrected chi connectivity index (χ4v) is 4.04. The van der Waals surface area contributed by atoms with Crippen molar-refractivity contribution in [2.75, 3.05) is 31.2 Å². The minimum atomic E-state index is 0. The summed E-state index contributed by atoms with van der Waals surface area (Å²) < 4.78 is 10.2. The lowest BCUT2D eigenvalue weighted by Crippen LogP contribution is -3.00. The van der Waals surface area contributed by atoms with Gasteiger partial charge in [0.15, 0.2) is 5.52 Å². The van der Waals surface area contributed by atoms with Crippen molar-refractivity contribution in [3.63, 3.8) is 0 Å². The Hall–Kier alpha value is -2.04. The van der Waals surface area contributed by atoms with Crippen LogP contribution in [0.25, 0.3) is 11.2 Å². The minimum absolute atomic E-state index is 0. The molecule has 2 aromatic heterocycles. The van der Waals surface area contributed by atoms with Crippen LogP contribution in [0.3, 0.4) is 0 Å². The third kappa shape index (κ3) is 3.76. The highest BCUT2D eigenvalue weighted by Crippen LogP contribution is 2.28. The number of hydrogen-bond donors (Lipinski definition) is 0. The van der Waals surface area contributed by atoms with Gasteiger partial charge in [0.1, 0.15) is 11.9 Å². The first-order valence-corrected chi connectivity index (χ1v) is 10.0. The summed E-state index contributed by atoms with van der Waals surface area (Å²) in [5.41, 5.74) is 5.34. The molecule has 5 heteroatoms. The Morgan fingerprint density at radius 3 is 2.11 bits per heavy atom. The zero-order valence-electron chi connectivity index (χ0n) is 17.2. The van der Waals surface area contributed by atoms with Crippen molar-refractivity contribution in [1.82, 2.24) is 4.40 Å². The van der Waals surface area contributed by atoms with E-state index in [4.69, 9.17) is 4.74 Å². The Kier molecular flexibility index (Phi) is 6.31. The molecule has 4 rings (SSSR count). The van der Waals surface area contributed by atoms with E-state index >= 15 is 0 Å². The fraction of sp³-hybridized carbons (Fsp3) is 0.435. The average Bonchev–Trinajstić information content (AvgIpc) is 3.12. The van der Waals surface area contributed by atoms with Gasteiger partial charge in [0.25, 0.3) is 6.33 Å². The maximum atomic E-state index is 5.54. The predicted molar refractivity (Wildman–Crippen MR) is 110 cm³/mol. The van der Waals surface area contributed by atoms with E-state index in [1.807, 2.05) is 0 Å². The largest absolute Gasteiger partial charge is 1.00 e. The molecule has 0 unspecified atom stereocenters. The summed E-state index contributed by atoms with van der Waals surface area (Å²) in [7, 11) is 0. The number of pyridine rings is 1. The average molecular weight is 400 g/mol. The van der Waals surface area contributed by atoms with Gasteiger partial charge in [-0.05, 0) is 17.9 Å². The summed E-state index contributed by atoms with van der Waals surface area (Å²) in [6, 6.07) is 13.3. The lowest BCUT2D eigenvalue weighted by molar-refractivity contribution is -0.595. The van der Waals surface area contributed by atoms with E-state index in [1.54, 1.807) is 0 Å². The lowest BCUT2D eigenvalue weighted by Gasteiger charge is -2.26. The standard InChI is InChI=1S/C23H30N3O.ClH/c1-17(2)20-8-6-9-21(18(3)4)23(20)25-15-19-7-5-10-22(26(19)16-25)24-11-13-27-14-12-24;/h5-10,15-18H,11-14H2,1-4H3;1H/q+1;/p-1. The van der Waals surface area contributed by atoms with E-state index in [1.165, 1.54) is 28.1 Å². The second-order valence-electron chi connectivity index (χ2n) is 8.02. The van der Waals surface area contributed by atoms with Crippen molar-refractivity contribution in [2.45, 2.75) is 39.5 Å². The van der Waals surface area contributed by atoms with Crippen LogP contribution >= 0.6 is 0 Å². The minimum Gasteiger partial charge on any atom is -1.00 e. The van der Waals surface area contributed by atoms with Gasteiger partial charge in [-0.3, -0.25) is 0 Å². The molecule has 0 atom stereocenters. The van der Waals surface area contributed by atoms with Gasteiger partial charge in [0.2, 0.25) is 5.82 Å². The quantitative estimate of drug-likeness (QED) is 0.616. The van der Waals surface area contributed by atoms with Crippen molar-refractivity contribution in [3.8, 4) is 5.69 Å². The topological polar surface area (TPSA) is 20.8 Å². The number of anilines is 1. The van der Waals surface area contributed by atoms with E-state index in [9.17, 15) is 0 Å². The van der Waals surface area contributed by atoms with Crippen molar-refractivity contribution in [1.29, 1.82) is 0 Å². The second-order valence-corrected chi connectivity index (χ2v) is 8.02. The molecule has 4 nitrogen and oxygen atoms in total. The van der Waals surface area contributed by atoms with E-state index < -0.39 is 0 Å². The van der Waals surface area contributed by atoms with Gasteiger partial charge in [-0.15, -0.1) is 0 Å². The molecule has 1 aromatic carbocycles. The highest BCUT2D eigenvalue weighted by atomic mass is 35.5. The van der Waals surface area contributed by atoms with E-state index in [2.05, 4.69) is 90.5 Å². The third-order valence-corrected chi connectivity index (χ3v) is 5.48. The van der Waals surface area contributed by atoms with E-state index in [0.29, 0.717) is 11.8 Å². The Morgan fingerprint density at radius 1 is 0.893 bits per heavy atom. The smallest absolute Gasteiger partial charge is 0.255 e. The van der Waals surface area contributed by atoms with Gasteiger partial charge >= 0.3 is 0 Å². The zero-order valence-corrected chi connectivity index (χ0v) is 18.0. The van der Waals surface area contributed by atoms with Crippen LogP contribution in [0.15, 0.2) is 48.9 Å². The Balaban J connectivity index is 0.00000225. The van der Waals surface area contributed by atoms with Gasteiger partial charge in [0, 0.05) is 30.3 Å². The maximum Gasteiger partial charge on any atom is 0.255 e. The number of halogens is 1. The molecule has 0 bridgehead atoms. The molecule has 1 aliphatic rings.